The van der Waals surface area contributed by atoms with Gasteiger partial charge in [-0.15, -0.1) is 11.3 Å². The number of carboxylic acid groups (broad SMARTS) is 1. The molecule has 0 unspecified atom stereocenters. The van der Waals surface area contributed by atoms with Gasteiger partial charge in [-0.05, 0) is 29.3 Å². The number of rotatable bonds is 3. The first kappa shape index (κ1) is 14.5. The van der Waals surface area contributed by atoms with E-state index in [9.17, 15) is 22.4 Å². The van der Waals surface area contributed by atoms with Gasteiger partial charge in [0.05, 0.1) is 6.42 Å². The zero-order valence-electron chi connectivity index (χ0n) is 9.87. The van der Waals surface area contributed by atoms with Gasteiger partial charge in [-0.1, -0.05) is 12.1 Å². The Labute approximate surface area is 115 Å². The van der Waals surface area contributed by atoms with Crippen molar-refractivity contribution in [3.8, 4) is 11.1 Å². The van der Waals surface area contributed by atoms with Crippen molar-refractivity contribution in [1.82, 2.24) is 0 Å². The average molecular weight is 304 g/mol. The van der Waals surface area contributed by atoms with Crippen molar-refractivity contribution in [2.75, 3.05) is 0 Å². The third-order valence-corrected chi connectivity index (χ3v) is 3.66. The van der Waals surface area contributed by atoms with E-state index in [0.717, 1.165) is 12.1 Å². The summed E-state index contributed by atoms with van der Waals surface area (Å²) in [5.41, 5.74) is 0.527. The lowest BCUT2D eigenvalue weighted by Crippen LogP contribution is -2.10. The molecule has 0 radical (unpaired) electrons. The molecule has 7 heteroatoms. The number of carboxylic acids is 1. The predicted molar refractivity (Wildman–Crippen MR) is 66.4 cm³/mol. The molecule has 0 saturated carbocycles. The lowest BCUT2D eigenvalue weighted by atomic mass is 10.0. The Morgan fingerprint density at radius 1 is 1.20 bits per heavy atom. The molecule has 0 aliphatic heterocycles. The summed E-state index contributed by atoms with van der Waals surface area (Å²) in [5, 5.41) is 8.88. The first-order valence-electron chi connectivity index (χ1n) is 5.45. The van der Waals surface area contributed by atoms with E-state index in [1.807, 2.05) is 0 Å². The number of carbonyl (C=O) groups is 1. The van der Waals surface area contributed by atoms with Gasteiger partial charge in [0.1, 0.15) is 10.7 Å². The van der Waals surface area contributed by atoms with Crippen LogP contribution in [0.2, 0.25) is 0 Å². The lowest BCUT2D eigenvalue weighted by Gasteiger charge is -2.07. The van der Waals surface area contributed by atoms with Crippen LogP contribution in [0.4, 0.5) is 17.6 Å². The average Bonchev–Trinajstić information content (AvgIpc) is 2.72. The van der Waals surface area contributed by atoms with Crippen LogP contribution in [0.1, 0.15) is 14.5 Å². The maximum Gasteiger partial charge on any atom is 0.393 e. The van der Waals surface area contributed by atoms with Crippen LogP contribution in [-0.4, -0.2) is 17.3 Å². The van der Waals surface area contributed by atoms with E-state index in [1.54, 1.807) is 0 Å². The molecule has 1 aromatic carbocycles. The number of benzene rings is 1. The molecule has 0 saturated heterocycles. The normalized spacial score (nSPS) is 11.6. The number of aromatic carboxylic acids is 1. The first-order chi connectivity index (χ1) is 9.26. The smallest absolute Gasteiger partial charge is 0.393 e. The lowest BCUT2D eigenvalue weighted by molar-refractivity contribution is -0.126. The standard InChI is InChI=1S/C13H8F4O2S/c14-8-3-1-7(2-4-8)9-5-10(12(18)19)20-11(9)6-13(15,16)17/h1-5H,6H2,(H,18,19). The second kappa shape index (κ2) is 5.24. The summed E-state index contributed by atoms with van der Waals surface area (Å²) < 4.78 is 50.4. The van der Waals surface area contributed by atoms with Crippen molar-refractivity contribution < 1.29 is 27.5 Å². The number of thiophene rings is 1. The van der Waals surface area contributed by atoms with Crippen LogP contribution in [-0.2, 0) is 6.42 Å². The van der Waals surface area contributed by atoms with Gasteiger partial charge < -0.3 is 5.11 Å². The van der Waals surface area contributed by atoms with Crippen molar-refractivity contribution in [3.05, 3.63) is 45.9 Å². The van der Waals surface area contributed by atoms with Crippen LogP contribution in [0.3, 0.4) is 0 Å². The molecule has 1 N–H and O–H groups in total. The molecule has 1 heterocycles. The highest BCUT2D eigenvalue weighted by Crippen LogP contribution is 2.36. The van der Waals surface area contributed by atoms with Gasteiger partial charge >= 0.3 is 12.1 Å². The molecule has 2 aromatic rings. The number of alkyl halides is 3. The quantitative estimate of drug-likeness (QED) is 0.856. The fourth-order valence-corrected chi connectivity index (χ4v) is 2.77. The van der Waals surface area contributed by atoms with Crippen LogP contribution in [0, 0.1) is 5.82 Å². The van der Waals surface area contributed by atoms with Gasteiger partial charge in [-0.3, -0.25) is 0 Å². The molecule has 1 aromatic heterocycles. The minimum atomic E-state index is -4.44. The molecule has 0 bridgehead atoms. The molecular formula is C13H8F4O2S. The van der Waals surface area contributed by atoms with Crippen molar-refractivity contribution >= 4 is 17.3 Å². The Hall–Kier alpha value is -1.89. The second-order valence-electron chi connectivity index (χ2n) is 4.05. The van der Waals surface area contributed by atoms with Gasteiger partial charge in [0, 0.05) is 4.88 Å². The largest absolute Gasteiger partial charge is 0.477 e. The highest BCUT2D eigenvalue weighted by atomic mass is 32.1. The van der Waals surface area contributed by atoms with Gasteiger partial charge in [0.25, 0.3) is 0 Å². The summed E-state index contributed by atoms with van der Waals surface area (Å²) >= 11 is 0.580. The number of hydrogen-bond acceptors (Lipinski definition) is 2. The van der Waals surface area contributed by atoms with E-state index in [0.29, 0.717) is 16.9 Å². The SMILES string of the molecule is O=C(O)c1cc(-c2ccc(F)cc2)c(CC(F)(F)F)s1. The maximum absolute atomic E-state index is 12.8. The van der Waals surface area contributed by atoms with Crippen LogP contribution in [0.25, 0.3) is 11.1 Å². The Morgan fingerprint density at radius 3 is 2.30 bits per heavy atom. The van der Waals surface area contributed by atoms with Crippen LogP contribution < -0.4 is 0 Å². The van der Waals surface area contributed by atoms with E-state index >= 15 is 0 Å². The van der Waals surface area contributed by atoms with Crippen molar-refractivity contribution in [2.24, 2.45) is 0 Å². The highest BCUT2D eigenvalue weighted by Gasteiger charge is 2.31. The Bertz CT molecular complexity index is 629. The molecule has 0 spiro atoms. The van der Waals surface area contributed by atoms with Gasteiger partial charge in [0.15, 0.2) is 0 Å². The summed E-state index contributed by atoms with van der Waals surface area (Å²) in [4.78, 5) is 10.6. The fraction of sp³-hybridized carbons (Fsp3) is 0.154. The van der Waals surface area contributed by atoms with E-state index in [1.165, 1.54) is 18.2 Å². The van der Waals surface area contributed by atoms with E-state index in [-0.39, 0.29) is 15.3 Å². The fourth-order valence-electron chi connectivity index (χ4n) is 1.72. The Balaban J connectivity index is 2.49. The maximum atomic E-state index is 12.8. The molecule has 0 aliphatic carbocycles. The third kappa shape index (κ3) is 3.36. The number of hydrogen-bond donors (Lipinski definition) is 1. The molecule has 0 aliphatic rings. The van der Waals surface area contributed by atoms with Gasteiger partial charge in [0.2, 0.25) is 0 Å². The third-order valence-electron chi connectivity index (χ3n) is 2.54. The van der Waals surface area contributed by atoms with E-state index < -0.39 is 24.4 Å². The topological polar surface area (TPSA) is 37.3 Å². The Morgan fingerprint density at radius 2 is 1.80 bits per heavy atom. The summed E-state index contributed by atoms with van der Waals surface area (Å²) in [7, 11) is 0. The Kier molecular flexibility index (Phi) is 3.80. The number of halogens is 4. The van der Waals surface area contributed by atoms with E-state index in [2.05, 4.69) is 0 Å². The zero-order chi connectivity index (χ0) is 14.9. The molecule has 2 rings (SSSR count). The first-order valence-corrected chi connectivity index (χ1v) is 6.26. The highest BCUT2D eigenvalue weighted by molar-refractivity contribution is 7.14. The van der Waals surface area contributed by atoms with Crippen LogP contribution in [0.15, 0.2) is 30.3 Å². The van der Waals surface area contributed by atoms with Gasteiger partial charge in [-0.25, -0.2) is 9.18 Å². The molecule has 0 atom stereocenters. The monoisotopic (exact) mass is 304 g/mol. The van der Waals surface area contributed by atoms with Crippen molar-refractivity contribution in [2.45, 2.75) is 12.6 Å². The molecule has 0 amide bonds. The molecule has 20 heavy (non-hydrogen) atoms. The van der Waals surface area contributed by atoms with Crippen molar-refractivity contribution in [3.63, 3.8) is 0 Å². The second-order valence-corrected chi connectivity index (χ2v) is 5.19. The van der Waals surface area contributed by atoms with Crippen LogP contribution in [0.5, 0.6) is 0 Å². The van der Waals surface area contributed by atoms with Crippen LogP contribution >= 0.6 is 11.3 Å². The van der Waals surface area contributed by atoms with Crippen molar-refractivity contribution in [1.29, 1.82) is 0 Å². The summed E-state index contributed by atoms with van der Waals surface area (Å²) in [6.07, 6.45) is -5.65. The van der Waals surface area contributed by atoms with E-state index in [4.69, 9.17) is 5.11 Å². The zero-order valence-corrected chi connectivity index (χ0v) is 10.7. The molecule has 0 fully saturated rings. The minimum absolute atomic E-state index is 0.0958. The molecule has 2 nitrogen and oxygen atoms in total. The summed E-state index contributed by atoms with van der Waals surface area (Å²) in [6.45, 7) is 0. The van der Waals surface area contributed by atoms with Gasteiger partial charge in [-0.2, -0.15) is 13.2 Å². The summed E-state index contributed by atoms with van der Waals surface area (Å²) in [6, 6.07) is 6.06. The minimum Gasteiger partial charge on any atom is -0.477 e. The molecular weight excluding hydrogens is 296 g/mol. The predicted octanol–water partition coefficient (Wildman–Crippen LogP) is 4.36. The molecule has 106 valence electrons. The summed E-state index contributed by atoms with van der Waals surface area (Å²) in [5.74, 6) is -1.80.